The molecule has 0 spiro atoms. The Morgan fingerprint density at radius 2 is 1.31 bits per heavy atom. The molecule has 5 aromatic heterocycles. The third-order valence-electron chi connectivity index (χ3n) is 11.6. The molecular formula is C44H43ClF5N11. The van der Waals surface area contributed by atoms with Crippen LogP contribution in [0.25, 0.3) is 60.7 Å². The minimum absolute atomic E-state index is 0. The van der Waals surface area contributed by atoms with Crippen LogP contribution in [0.1, 0.15) is 60.2 Å². The molecule has 11 nitrogen and oxygen atoms in total. The third kappa shape index (κ3) is 8.74. The standard InChI is InChI=1S/C23H23F3N6.C21H19F2N5.ClH/c1-13-7-20(30-32-11-14(2)27-23(13)32)16-8-18(24)17-10-19(28-29-21(17)9-16)15-3-5-31(6-4-15)12-22(25)26;1-28-11-14-6-15(18(23)10-20(14)27-28)13-7-17(22)16-9-19(25-26-21(16)8-13)12-2-4-24-5-3-12;/h7-11,15,22H,3-6,12H2,1-2H3;6-12,24H,2-5H2,1H3;1H. The normalized spacial score (nSPS) is 15.5. The van der Waals surface area contributed by atoms with Crippen molar-refractivity contribution < 1.29 is 22.0 Å². The smallest absolute Gasteiger partial charge is 0.251 e. The minimum atomic E-state index is -2.33. The Balaban J connectivity index is 0.000000167. The summed E-state index contributed by atoms with van der Waals surface area (Å²) in [7, 11) is 1.78. The van der Waals surface area contributed by atoms with Crippen molar-refractivity contribution in [3.8, 4) is 22.4 Å². The lowest BCUT2D eigenvalue weighted by Gasteiger charge is -2.31. The van der Waals surface area contributed by atoms with Crippen LogP contribution >= 0.6 is 12.4 Å². The van der Waals surface area contributed by atoms with Crippen molar-refractivity contribution in [1.82, 2.24) is 55.0 Å². The molecule has 17 heteroatoms. The average Bonchev–Trinajstić information content (AvgIpc) is 3.81. The zero-order valence-electron chi connectivity index (χ0n) is 33.7. The molecule has 0 bridgehead atoms. The number of fused-ring (bicyclic) bond motifs is 4. The Morgan fingerprint density at radius 1 is 0.689 bits per heavy atom. The van der Waals surface area contributed by atoms with Crippen LogP contribution in [0, 0.1) is 31.3 Å². The lowest BCUT2D eigenvalue weighted by atomic mass is 9.92. The summed E-state index contributed by atoms with van der Waals surface area (Å²) >= 11 is 0. The van der Waals surface area contributed by atoms with Gasteiger partial charge in [0, 0.05) is 58.4 Å². The summed E-state index contributed by atoms with van der Waals surface area (Å²) in [6, 6.07) is 14.8. The predicted octanol–water partition coefficient (Wildman–Crippen LogP) is 8.89. The van der Waals surface area contributed by atoms with Gasteiger partial charge in [-0.2, -0.15) is 30.6 Å². The lowest BCUT2D eigenvalue weighted by molar-refractivity contribution is 0.0751. The fraction of sp³-hybridized carbons (Fsp3) is 0.341. The van der Waals surface area contributed by atoms with Crippen LogP contribution in [0.4, 0.5) is 22.0 Å². The quantitative estimate of drug-likeness (QED) is 0.164. The number of likely N-dealkylation sites (tertiary alicyclic amines) is 1. The molecule has 8 aromatic rings. The van der Waals surface area contributed by atoms with E-state index in [-0.39, 0.29) is 30.7 Å². The second kappa shape index (κ2) is 17.3. The molecule has 3 aromatic carbocycles. The van der Waals surface area contributed by atoms with Crippen LogP contribution in [0.5, 0.6) is 0 Å². The summed E-state index contributed by atoms with van der Waals surface area (Å²) in [6.45, 7) is 6.67. The molecule has 0 amide bonds. The van der Waals surface area contributed by atoms with E-state index in [9.17, 15) is 17.6 Å². The Bertz CT molecular complexity index is 2890. The van der Waals surface area contributed by atoms with Crippen molar-refractivity contribution >= 4 is 50.8 Å². The maximum atomic E-state index is 15.1. The third-order valence-corrected chi connectivity index (χ3v) is 11.6. The van der Waals surface area contributed by atoms with Gasteiger partial charge in [0.15, 0.2) is 5.65 Å². The topological polar surface area (TPSA) is 115 Å². The molecule has 0 aliphatic carbocycles. The Labute approximate surface area is 353 Å². The number of hydrogen-bond donors (Lipinski definition) is 1. The lowest BCUT2D eigenvalue weighted by Crippen LogP contribution is -2.36. The Morgan fingerprint density at radius 3 is 1.97 bits per heavy atom. The zero-order valence-corrected chi connectivity index (χ0v) is 34.5. The number of nitrogens with zero attached hydrogens (tertiary/aromatic N) is 10. The van der Waals surface area contributed by atoms with E-state index in [2.05, 4.69) is 40.9 Å². The van der Waals surface area contributed by atoms with Gasteiger partial charge in [-0.1, -0.05) is 0 Å². The van der Waals surface area contributed by atoms with Gasteiger partial charge in [0.2, 0.25) is 0 Å². The molecule has 7 heterocycles. The summed E-state index contributed by atoms with van der Waals surface area (Å²) in [4.78, 5) is 6.21. The number of rotatable bonds is 6. The predicted molar refractivity (Wildman–Crippen MR) is 227 cm³/mol. The summed E-state index contributed by atoms with van der Waals surface area (Å²) in [5, 5.41) is 30.9. The van der Waals surface area contributed by atoms with Gasteiger partial charge in [-0.25, -0.2) is 31.5 Å². The van der Waals surface area contributed by atoms with Crippen LogP contribution in [0.15, 0.2) is 67.0 Å². The fourth-order valence-corrected chi connectivity index (χ4v) is 8.44. The van der Waals surface area contributed by atoms with Crippen LogP contribution in [-0.2, 0) is 7.05 Å². The van der Waals surface area contributed by atoms with Crippen molar-refractivity contribution in [2.75, 3.05) is 32.7 Å². The molecule has 2 fully saturated rings. The molecule has 2 saturated heterocycles. The van der Waals surface area contributed by atoms with E-state index < -0.39 is 18.1 Å². The van der Waals surface area contributed by atoms with Crippen molar-refractivity contribution in [2.24, 2.45) is 7.05 Å². The Kier molecular flexibility index (Phi) is 11.9. The van der Waals surface area contributed by atoms with Gasteiger partial charge in [0.25, 0.3) is 6.43 Å². The molecule has 2 aliphatic heterocycles. The summed E-state index contributed by atoms with van der Waals surface area (Å²) in [6.07, 6.45) is 4.67. The highest BCUT2D eigenvalue weighted by Gasteiger charge is 2.25. The molecule has 0 saturated carbocycles. The van der Waals surface area contributed by atoms with Gasteiger partial charge in [-0.05, 0) is 125 Å². The van der Waals surface area contributed by atoms with Crippen LogP contribution in [0.2, 0.25) is 0 Å². The molecule has 316 valence electrons. The highest BCUT2D eigenvalue weighted by Crippen LogP contribution is 2.34. The highest BCUT2D eigenvalue weighted by molar-refractivity contribution is 5.89. The van der Waals surface area contributed by atoms with Gasteiger partial charge >= 0.3 is 0 Å². The molecule has 61 heavy (non-hydrogen) atoms. The van der Waals surface area contributed by atoms with E-state index in [1.807, 2.05) is 26.1 Å². The van der Waals surface area contributed by atoms with Gasteiger partial charge in [0.05, 0.1) is 52.1 Å². The van der Waals surface area contributed by atoms with E-state index in [0.29, 0.717) is 87.2 Å². The Hall–Kier alpha value is -5.71. The van der Waals surface area contributed by atoms with Crippen molar-refractivity contribution in [1.29, 1.82) is 0 Å². The minimum Gasteiger partial charge on any atom is -0.317 e. The second-order valence-electron chi connectivity index (χ2n) is 15.9. The molecule has 1 N–H and O–H groups in total. The van der Waals surface area contributed by atoms with Crippen LogP contribution in [-0.4, -0.2) is 88.8 Å². The van der Waals surface area contributed by atoms with E-state index in [1.54, 1.807) is 57.7 Å². The van der Waals surface area contributed by atoms with Crippen LogP contribution in [0.3, 0.4) is 0 Å². The number of alkyl halides is 2. The maximum absolute atomic E-state index is 15.1. The van der Waals surface area contributed by atoms with E-state index >= 15 is 4.39 Å². The number of halogens is 6. The van der Waals surface area contributed by atoms with Crippen molar-refractivity contribution in [3.05, 3.63) is 107 Å². The molecule has 2 aliphatic rings. The van der Waals surface area contributed by atoms with Gasteiger partial charge in [-0.3, -0.25) is 9.58 Å². The first-order valence-electron chi connectivity index (χ1n) is 20.1. The van der Waals surface area contributed by atoms with E-state index in [0.717, 1.165) is 53.9 Å². The number of aromatic nitrogens is 9. The number of aryl methyl sites for hydroxylation is 3. The maximum Gasteiger partial charge on any atom is 0.251 e. The van der Waals surface area contributed by atoms with E-state index in [4.69, 9.17) is 0 Å². The summed E-state index contributed by atoms with van der Waals surface area (Å²) in [5.41, 5.74) is 7.59. The van der Waals surface area contributed by atoms with Gasteiger partial charge in [0.1, 0.15) is 17.5 Å². The average molecular weight is 856 g/mol. The fourth-order valence-electron chi connectivity index (χ4n) is 8.44. The molecule has 0 radical (unpaired) electrons. The molecular weight excluding hydrogens is 813 g/mol. The first-order valence-corrected chi connectivity index (χ1v) is 20.1. The van der Waals surface area contributed by atoms with Gasteiger partial charge in [-0.15, -0.1) is 12.4 Å². The first-order chi connectivity index (χ1) is 28.9. The summed E-state index contributed by atoms with van der Waals surface area (Å²) in [5.74, 6) is -0.851. The zero-order chi connectivity index (χ0) is 41.7. The van der Waals surface area contributed by atoms with Gasteiger partial charge < -0.3 is 5.32 Å². The second-order valence-corrected chi connectivity index (χ2v) is 15.9. The van der Waals surface area contributed by atoms with Crippen molar-refractivity contribution in [2.45, 2.75) is 57.8 Å². The van der Waals surface area contributed by atoms with Crippen LogP contribution < -0.4 is 5.32 Å². The monoisotopic (exact) mass is 855 g/mol. The van der Waals surface area contributed by atoms with Crippen molar-refractivity contribution in [3.63, 3.8) is 0 Å². The number of hydrogen-bond acceptors (Lipinski definition) is 9. The number of benzene rings is 3. The SMILES string of the molecule is Cc1cn2nc(-c3cc(F)c4cc(C5CCN(CC(F)F)CC5)nnc4c3)cc(C)c2n1.Cl.Cn1cc2cc(-c3cc(F)c4cc(C5CCNCC5)nnc4c3)c(F)cc2n1. The number of imidazole rings is 1. The number of piperidine rings is 2. The largest absolute Gasteiger partial charge is 0.317 e. The first kappa shape index (κ1) is 42.0. The molecule has 0 unspecified atom stereocenters. The molecule has 0 atom stereocenters. The summed E-state index contributed by atoms with van der Waals surface area (Å²) < 4.78 is 73.2. The van der Waals surface area contributed by atoms with E-state index in [1.165, 1.54) is 18.2 Å². The number of nitrogens with one attached hydrogen (secondary N) is 1. The molecule has 10 rings (SSSR count). The highest BCUT2D eigenvalue weighted by atomic mass is 35.5.